The lowest BCUT2D eigenvalue weighted by Crippen LogP contribution is -2.57. The molecule has 4 rings (SSSR count). The second-order valence-corrected chi connectivity index (χ2v) is 7.47. The van der Waals surface area contributed by atoms with Crippen LogP contribution < -0.4 is 16.0 Å². The number of hydrogen-bond acceptors (Lipinski definition) is 3. The fourth-order valence-electron chi connectivity index (χ4n) is 3.54. The van der Waals surface area contributed by atoms with Crippen LogP contribution in [0.25, 0.3) is 11.1 Å². The Morgan fingerprint density at radius 1 is 1.18 bits per heavy atom. The maximum absolute atomic E-state index is 13.8. The summed E-state index contributed by atoms with van der Waals surface area (Å²) in [5.74, 6) is -1.38. The maximum Gasteiger partial charge on any atom is 0.322 e. The molecule has 1 saturated carbocycles. The average molecular weight is 402 g/mol. The van der Waals surface area contributed by atoms with Gasteiger partial charge in [-0.2, -0.15) is 0 Å². The minimum atomic E-state index is -1.13. The summed E-state index contributed by atoms with van der Waals surface area (Å²) in [6.45, 7) is -0.0362. The van der Waals surface area contributed by atoms with Crippen LogP contribution in [0.15, 0.2) is 42.5 Å². The number of amides is 4. The summed E-state index contributed by atoms with van der Waals surface area (Å²) in [6, 6.07) is 10.0. The van der Waals surface area contributed by atoms with Gasteiger partial charge in [0.25, 0.3) is 11.8 Å². The van der Waals surface area contributed by atoms with Crippen LogP contribution in [0, 0.1) is 11.7 Å². The van der Waals surface area contributed by atoms with Crippen molar-refractivity contribution in [1.82, 2.24) is 16.0 Å². The summed E-state index contributed by atoms with van der Waals surface area (Å²) in [5, 5.41) is 8.16. The third kappa shape index (κ3) is 3.33. The summed E-state index contributed by atoms with van der Waals surface area (Å²) in [6.07, 6.45) is 1.60. The SMILES string of the molecule is O=C1NC(=O)[C@](CNC(=O)c2ccc(F)cc2-c2ccc(Cl)cc2)(C2CC2)N1. The molecule has 1 atom stereocenters. The van der Waals surface area contributed by atoms with Crippen LogP contribution in [0.2, 0.25) is 5.02 Å². The number of rotatable bonds is 5. The quantitative estimate of drug-likeness (QED) is 0.673. The number of nitrogens with one attached hydrogen (secondary N) is 3. The van der Waals surface area contributed by atoms with E-state index in [1.165, 1.54) is 18.2 Å². The molecule has 1 aliphatic heterocycles. The van der Waals surface area contributed by atoms with Crippen molar-refractivity contribution in [2.45, 2.75) is 18.4 Å². The van der Waals surface area contributed by atoms with E-state index in [0.717, 1.165) is 12.8 Å². The van der Waals surface area contributed by atoms with Gasteiger partial charge in [0.1, 0.15) is 11.4 Å². The van der Waals surface area contributed by atoms with Crippen LogP contribution in [0.5, 0.6) is 0 Å². The second-order valence-electron chi connectivity index (χ2n) is 7.03. The van der Waals surface area contributed by atoms with Gasteiger partial charge in [-0.1, -0.05) is 23.7 Å². The fraction of sp³-hybridized carbons (Fsp3) is 0.250. The van der Waals surface area contributed by atoms with Crippen LogP contribution in [-0.4, -0.2) is 29.9 Å². The largest absolute Gasteiger partial charge is 0.349 e. The van der Waals surface area contributed by atoms with E-state index in [9.17, 15) is 18.8 Å². The molecule has 6 nitrogen and oxygen atoms in total. The highest BCUT2D eigenvalue weighted by Crippen LogP contribution is 2.41. The molecule has 0 radical (unpaired) electrons. The molecule has 1 aliphatic carbocycles. The van der Waals surface area contributed by atoms with Crippen LogP contribution >= 0.6 is 11.6 Å². The predicted octanol–water partition coefficient (Wildman–Crippen LogP) is 2.86. The van der Waals surface area contributed by atoms with E-state index in [1.54, 1.807) is 24.3 Å². The topological polar surface area (TPSA) is 87.3 Å². The standard InChI is InChI=1S/C20H17ClFN3O3/c21-13-5-1-11(2-6-13)16-9-14(22)7-8-15(16)17(26)23-10-20(12-3-4-12)18(27)24-19(28)25-20/h1-2,5-9,12H,3-4,10H2,(H,23,26)(H2,24,25,27,28)/t20-/m0/s1. The molecular weight excluding hydrogens is 385 g/mol. The number of urea groups is 1. The molecule has 2 aromatic carbocycles. The minimum Gasteiger partial charge on any atom is -0.349 e. The lowest BCUT2D eigenvalue weighted by molar-refractivity contribution is -0.124. The first-order valence-corrected chi connectivity index (χ1v) is 9.24. The molecule has 1 saturated heterocycles. The molecule has 0 bridgehead atoms. The van der Waals surface area contributed by atoms with E-state index < -0.39 is 29.2 Å². The summed E-state index contributed by atoms with van der Waals surface area (Å²) >= 11 is 5.91. The second kappa shape index (κ2) is 6.91. The molecular formula is C20H17ClFN3O3. The number of carbonyl (C=O) groups excluding carboxylic acids is 3. The zero-order valence-corrected chi connectivity index (χ0v) is 15.5. The number of imide groups is 1. The number of benzene rings is 2. The monoisotopic (exact) mass is 401 g/mol. The van der Waals surface area contributed by atoms with Gasteiger partial charge in [0, 0.05) is 10.6 Å². The minimum absolute atomic E-state index is 0.0109. The molecule has 0 spiro atoms. The Labute approximate surface area is 165 Å². The van der Waals surface area contributed by atoms with Crippen LogP contribution in [0.3, 0.4) is 0 Å². The summed E-state index contributed by atoms with van der Waals surface area (Å²) in [4.78, 5) is 36.7. The molecule has 28 heavy (non-hydrogen) atoms. The lowest BCUT2D eigenvalue weighted by atomic mass is 9.92. The molecule has 1 heterocycles. The van der Waals surface area contributed by atoms with Gasteiger partial charge in [0.05, 0.1) is 6.54 Å². The Morgan fingerprint density at radius 2 is 1.89 bits per heavy atom. The van der Waals surface area contributed by atoms with Gasteiger partial charge in [-0.25, -0.2) is 9.18 Å². The Balaban J connectivity index is 1.59. The smallest absolute Gasteiger partial charge is 0.322 e. The van der Waals surface area contributed by atoms with Crippen molar-refractivity contribution >= 4 is 29.4 Å². The fourth-order valence-corrected chi connectivity index (χ4v) is 3.66. The van der Waals surface area contributed by atoms with Crippen molar-refractivity contribution in [3.63, 3.8) is 0 Å². The van der Waals surface area contributed by atoms with Gasteiger partial charge in [-0.3, -0.25) is 14.9 Å². The number of halogens is 2. The van der Waals surface area contributed by atoms with E-state index in [0.29, 0.717) is 16.1 Å². The predicted molar refractivity (Wildman–Crippen MR) is 101 cm³/mol. The van der Waals surface area contributed by atoms with E-state index in [4.69, 9.17) is 11.6 Å². The Morgan fingerprint density at radius 3 is 2.50 bits per heavy atom. The summed E-state index contributed by atoms with van der Waals surface area (Å²) in [7, 11) is 0. The van der Waals surface area contributed by atoms with Gasteiger partial charge in [0.2, 0.25) is 0 Å². The van der Waals surface area contributed by atoms with Gasteiger partial charge in [0.15, 0.2) is 0 Å². The molecule has 2 aromatic rings. The molecule has 8 heteroatoms. The molecule has 4 amide bonds. The molecule has 144 valence electrons. The van der Waals surface area contributed by atoms with E-state index in [1.807, 2.05) is 0 Å². The highest BCUT2D eigenvalue weighted by Gasteiger charge is 2.56. The Kier molecular flexibility index (Phi) is 4.55. The Hall–Kier alpha value is -2.93. The van der Waals surface area contributed by atoms with Crippen molar-refractivity contribution in [3.8, 4) is 11.1 Å². The third-order valence-electron chi connectivity index (χ3n) is 5.15. The molecule has 3 N–H and O–H groups in total. The van der Waals surface area contributed by atoms with Crippen LogP contribution in [-0.2, 0) is 4.79 Å². The highest BCUT2D eigenvalue weighted by molar-refractivity contribution is 6.30. The van der Waals surface area contributed by atoms with E-state index >= 15 is 0 Å². The van der Waals surface area contributed by atoms with E-state index in [-0.39, 0.29) is 18.0 Å². The summed E-state index contributed by atoms with van der Waals surface area (Å²) in [5.41, 5.74) is 0.180. The average Bonchev–Trinajstić information content (AvgIpc) is 3.47. The van der Waals surface area contributed by atoms with Crippen molar-refractivity contribution in [2.75, 3.05) is 6.54 Å². The third-order valence-corrected chi connectivity index (χ3v) is 5.40. The van der Waals surface area contributed by atoms with E-state index in [2.05, 4.69) is 16.0 Å². The normalized spacial score (nSPS) is 21.2. The maximum atomic E-state index is 13.8. The van der Waals surface area contributed by atoms with Crippen LogP contribution in [0.4, 0.5) is 9.18 Å². The number of hydrogen-bond donors (Lipinski definition) is 3. The van der Waals surface area contributed by atoms with Crippen molar-refractivity contribution < 1.29 is 18.8 Å². The van der Waals surface area contributed by atoms with Crippen molar-refractivity contribution in [3.05, 3.63) is 58.9 Å². The summed E-state index contributed by atoms with van der Waals surface area (Å²) < 4.78 is 13.8. The molecule has 0 unspecified atom stereocenters. The Bertz CT molecular complexity index is 975. The van der Waals surface area contributed by atoms with Gasteiger partial charge < -0.3 is 10.6 Å². The van der Waals surface area contributed by atoms with Gasteiger partial charge >= 0.3 is 6.03 Å². The zero-order chi connectivity index (χ0) is 19.9. The van der Waals surface area contributed by atoms with Crippen LogP contribution in [0.1, 0.15) is 23.2 Å². The van der Waals surface area contributed by atoms with Gasteiger partial charge in [-0.05, 0) is 60.2 Å². The van der Waals surface area contributed by atoms with Crippen molar-refractivity contribution in [1.29, 1.82) is 0 Å². The molecule has 0 aromatic heterocycles. The first kappa shape index (κ1) is 18.4. The van der Waals surface area contributed by atoms with Crippen molar-refractivity contribution in [2.24, 2.45) is 5.92 Å². The lowest BCUT2D eigenvalue weighted by Gasteiger charge is -2.26. The molecule has 2 aliphatic rings. The number of carbonyl (C=O) groups is 3. The highest BCUT2D eigenvalue weighted by atomic mass is 35.5. The zero-order valence-electron chi connectivity index (χ0n) is 14.7. The first-order valence-electron chi connectivity index (χ1n) is 8.86. The first-order chi connectivity index (χ1) is 13.4. The molecule has 2 fully saturated rings. The van der Waals surface area contributed by atoms with Gasteiger partial charge in [-0.15, -0.1) is 0 Å².